The number of ether oxygens (including phenoxy) is 1. The minimum absolute atomic E-state index is 0.282. The molecule has 148 valence electrons. The van der Waals surface area contributed by atoms with Crippen LogP contribution in [0.1, 0.15) is 12.8 Å². The van der Waals surface area contributed by atoms with Crippen molar-refractivity contribution in [2.24, 2.45) is 0 Å². The van der Waals surface area contributed by atoms with Crippen LogP contribution in [0.25, 0.3) is 17.2 Å². The van der Waals surface area contributed by atoms with Crippen LogP contribution < -0.4 is 10.6 Å². The molecule has 0 radical (unpaired) electrons. The maximum absolute atomic E-state index is 5.44. The van der Waals surface area contributed by atoms with Crippen molar-refractivity contribution in [3.63, 3.8) is 0 Å². The van der Waals surface area contributed by atoms with E-state index in [4.69, 9.17) is 16.1 Å². The second-order valence-electron chi connectivity index (χ2n) is 6.51. The minimum Gasteiger partial charge on any atom is -0.381 e. The monoisotopic (exact) mass is 453 g/mol. The first kappa shape index (κ1) is 19.4. The van der Waals surface area contributed by atoms with Crippen molar-refractivity contribution in [1.29, 1.82) is 0 Å². The van der Waals surface area contributed by atoms with Crippen LogP contribution in [0, 0.1) is 12.3 Å². The molecule has 29 heavy (non-hydrogen) atoms. The third-order valence-corrected chi connectivity index (χ3v) is 5.26. The number of rotatable bonds is 6. The van der Waals surface area contributed by atoms with E-state index in [0.29, 0.717) is 24.1 Å². The van der Waals surface area contributed by atoms with Crippen LogP contribution in [0.3, 0.4) is 0 Å². The minimum atomic E-state index is 0.282. The van der Waals surface area contributed by atoms with Gasteiger partial charge in [0, 0.05) is 37.2 Å². The molecule has 1 aliphatic heterocycles. The fourth-order valence-electron chi connectivity index (χ4n) is 3.02. The van der Waals surface area contributed by atoms with Crippen molar-refractivity contribution in [2.75, 3.05) is 30.4 Å². The fourth-order valence-corrected chi connectivity index (χ4v) is 3.45. The molecule has 3 aromatic rings. The molecule has 0 unspecified atom stereocenters. The van der Waals surface area contributed by atoms with Gasteiger partial charge in [0.25, 0.3) is 5.95 Å². The molecule has 9 heteroatoms. The van der Waals surface area contributed by atoms with Gasteiger partial charge in [0.1, 0.15) is 16.1 Å². The average Bonchev–Trinajstić information content (AvgIpc) is 3.26. The van der Waals surface area contributed by atoms with Gasteiger partial charge in [-0.1, -0.05) is 12.0 Å². The summed E-state index contributed by atoms with van der Waals surface area (Å²) >= 11 is 3.60. The van der Waals surface area contributed by atoms with Gasteiger partial charge in [0.05, 0.1) is 18.4 Å². The first-order valence-corrected chi connectivity index (χ1v) is 10.1. The highest BCUT2D eigenvalue weighted by atomic mass is 79.9. The number of pyridine rings is 1. The lowest BCUT2D eigenvalue weighted by molar-refractivity contribution is 0.0904. The summed E-state index contributed by atoms with van der Waals surface area (Å²) in [5, 5.41) is 11.1. The van der Waals surface area contributed by atoms with E-state index in [9.17, 15) is 0 Å². The number of hydrogen-bond donors (Lipinski definition) is 2. The molecule has 2 N–H and O–H groups in total. The topological polar surface area (TPSA) is 89.8 Å². The SMILES string of the molecule is C#CCNc1nc(-n2cc(-c3ccccn3)cn2)nc(NC2CCOCC2)c1Br. The molecule has 0 aromatic carbocycles. The molecular weight excluding hydrogens is 434 g/mol. The Bertz CT molecular complexity index is 1010. The van der Waals surface area contributed by atoms with E-state index in [1.54, 1.807) is 17.1 Å². The van der Waals surface area contributed by atoms with Gasteiger partial charge in [-0.05, 0) is 40.9 Å². The predicted octanol–water partition coefficient (Wildman–Crippen LogP) is 3.12. The molecule has 3 aromatic heterocycles. The van der Waals surface area contributed by atoms with Gasteiger partial charge in [-0.25, -0.2) is 4.68 Å². The van der Waals surface area contributed by atoms with Crippen molar-refractivity contribution in [2.45, 2.75) is 18.9 Å². The van der Waals surface area contributed by atoms with Crippen molar-refractivity contribution >= 4 is 27.6 Å². The van der Waals surface area contributed by atoms with Crippen molar-refractivity contribution in [3.8, 4) is 29.5 Å². The smallest absolute Gasteiger partial charge is 0.254 e. The molecule has 0 amide bonds. The molecule has 0 saturated carbocycles. The summed E-state index contributed by atoms with van der Waals surface area (Å²) in [4.78, 5) is 13.6. The predicted molar refractivity (Wildman–Crippen MR) is 115 cm³/mol. The molecule has 8 nitrogen and oxygen atoms in total. The molecule has 4 heterocycles. The fraction of sp³-hybridized carbons (Fsp3) is 0.300. The number of anilines is 2. The van der Waals surface area contributed by atoms with Crippen molar-refractivity contribution in [3.05, 3.63) is 41.3 Å². The van der Waals surface area contributed by atoms with Crippen LogP contribution in [0.5, 0.6) is 0 Å². The Labute approximate surface area is 177 Å². The molecule has 0 aliphatic carbocycles. The van der Waals surface area contributed by atoms with Gasteiger partial charge in [-0.15, -0.1) is 6.42 Å². The number of nitrogens with zero attached hydrogens (tertiary/aromatic N) is 5. The van der Waals surface area contributed by atoms with Crippen LogP contribution in [0.15, 0.2) is 41.3 Å². The van der Waals surface area contributed by atoms with E-state index in [1.807, 2.05) is 24.4 Å². The Hall–Kier alpha value is -2.96. The zero-order valence-corrected chi connectivity index (χ0v) is 17.3. The molecule has 1 aliphatic rings. The van der Waals surface area contributed by atoms with Gasteiger partial charge in [0.2, 0.25) is 0 Å². The number of hydrogen-bond acceptors (Lipinski definition) is 7. The highest BCUT2D eigenvalue weighted by molar-refractivity contribution is 9.10. The van der Waals surface area contributed by atoms with E-state index in [-0.39, 0.29) is 6.04 Å². The molecule has 0 spiro atoms. The standard InChI is InChI=1S/C20H20BrN7O/c1-2-8-23-18-17(21)19(25-15-6-10-29-11-7-15)27-20(26-18)28-13-14(12-24-28)16-5-3-4-9-22-16/h1,3-5,9,12-13,15H,6-8,10-11H2,(H2,23,25,26,27). The van der Waals surface area contributed by atoms with E-state index in [2.05, 4.69) is 47.6 Å². The van der Waals surface area contributed by atoms with E-state index in [0.717, 1.165) is 41.8 Å². The summed E-state index contributed by atoms with van der Waals surface area (Å²) in [6.07, 6.45) is 12.6. The lowest BCUT2D eigenvalue weighted by Gasteiger charge is -2.24. The Kier molecular flexibility index (Phi) is 6.03. The summed E-state index contributed by atoms with van der Waals surface area (Å²) in [6.45, 7) is 1.83. The maximum atomic E-state index is 5.44. The van der Waals surface area contributed by atoms with Gasteiger partial charge in [-0.2, -0.15) is 15.1 Å². The van der Waals surface area contributed by atoms with Crippen LogP contribution >= 0.6 is 15.9 Å². The van der Waals surface area contributed by atoms with Crippen molar-refractivity contribution in [1.82, 2.24) is 24.7 Å². The zero-order chi connectivity index (χ0) is 20.1. The van der Waals surface area contributed by atoms with E-state index >= 15 is 0 Å². The Morgan fingerprint density at radius 2 is 2.07 bits per heavy atom. The van der Waals surface area contributed by atoms with Gasteiger partial charge < -0.3 is 15.4 Å². The molecular formula is C20H20BrN7O. The number of halogens is 1. The molecule has 0 bridgehead atoms. The molecule has 0 atom stereocenters. The molecule has 1 saturated heterocycles. The first-order valence-electron chi connectivity index (χ1n) is 9.30. The van der Waals surface area contributed by atoms with Crippen LogP contribution in [0.2, 0.25) is 0 Å². The third kappa shape index (κ3) is 4.55. The maximum Gasteiger partial charge on any atom is 0.254 e. The summed E-state index contributed by atoms with van der Waals surface area (Å²) in [6, 6.07) is 6.03. The van der Waals surface area contributed by atoms with Crippen molar-refractivity contribution < 1.29 is 4.74 Å². The van der Waals surface area contributed by atoms with Crippen LogP contribution in [0.4, 0.5) is 11.6 Å². The summed E-state index contributed by atoms with van der Waals surface area (Å²) in [5.41, 5.74) is 1.72. The lowest BCUT2D eigenvalue weighted by atomic mass is 10.1. The highest BCUT2D eigenvalue weighted by Crippen LogP contribution is 2.30. The summed E-state index contributed by atoms with van der Waals surface area (Å²) in [5.74, 6) is 4.30. The van der Waals surface area contributed by atoms with Gasteiger partial charge in [-0.3, -0.25) is 4.98 Å². The highest BCUT2D eigenvalue weighted by Gasteiger charge is 2.19. The summed E-state index contributed by atoms with van der Waals surface area (Å²) in [7, 11) is 0. The number of terminal acetylenes is 1. The van der Waals surface area contributed by atoms with E-state index < -0.39 is 0 Å². The van der Waals surface area contributed by atoms with E-state index in [1.165, 1.54) is 0 Å². The van der Waals surface area contributed by atoms with Crippen LogP contribution in [-0.2, 0) is 4.74 Å². The quantitative estimate of drug-likeness (QED) is 0.554. The molecule has 1 fully saturated rings. The second-order valence-corrected chi connectivity index (χ2v) is 7.31. The molecule has 4 rings (SSSR count). The lowest BCUT2D eigenvalue weighted by Crippen LogP contribution is -2.28. The largest absolute Gasteiger partial charge is 0.381 e. The number of aromatic nitrogens is 5. The third-order valence-electron chi connectivity index (χ3n) is 4.51. The average molecular weight is 454 g/mol. The first-order chi connectivity index (χ1) is 14.2. The Balaban J connectivity index is 1.67. The van der Waals surface area contributed by atoms with Gasteiger partial charge >= 0.3 is 0 Å². The second kappa shape index (κ2) is 9.03. The normalized spacial score (nSPS) is 14.3. The number of nitrogens with one attached hydrogen (secondary N) is 2. The summed E-state index contributed by atoms with van der Waals surface area (Å²) < 4.78 is 7.81. The Morgan fingerprint density at radius 3 is 2.83 bits per heavy atom. The Morgan fingerprint density at radius 1 is 1.24 bits per heavy atom. The van der Waals surface area contributed by atoms with Crippen LogP contribution in [-0.4, -0.2) is 50.5 Å². The zero-order valence-electron chi connectivity index (χ0n) is 15.7. The van der Waals surface area contributed by atoms with Gasteiger partial charge in [0.15, 0.2) is 0 Å².